The summed E-state index contributed by atoms with van der Waals surface area (Å²) in [6.07, 6.45) is 17.3. The molecule has 0 aromatic carbocycles. The molecule has 27 heavy (non-hydrogen) atoms. The fourth-order valence-corrected chi connectivity index (χ4v) is 3.65. The molecule has 0 fully saturated rings. The minimum absolute atomic E-state index is 0.0455. The maximum Gasteiger partial charge on any atom is 0.305 e. The van der Waals surface area contributed by atoms with Crippen LogP contribution in [0.2, 0.25) is 0 Å². The standard InChI is InChI=1S/C22H34O4S/c1-4-5-8-11-18(23)15-14-17-16-20(27-3)22(25)19(17)12-9-6-7-10-13-21(24)26-2/h12,14-18,23H,4-11,13H2,1-3H3. The van der Waals surface area contributed by atoms with Gasteiger partial charge in [-0.2, -0.15) is 0 Å². The highest BCUT2D eigenvalue weighted by molar-refractivity contribution is 8.03. The summed E-state index contributed by atoms with van der Waals surface area (Å²) in [5, 5.41) is 10.1. The summed E-state index contributed by atoms with van der Waals surface area (Å²) in [5.74, 6) is -0.112. The Hall–Kier alpha value is -1.33. The van der Waals surface area contributed by atoms with Gasteiger partial charge < -0.3 is 9.84 Å². The molecule has 0 spiro atoms. The Morgan fingerprint density at radius 3 is 2.74 bits per heavy atom. The fourth-order valence-electron chi connectivity index (χ4n) is 3.07. The van der Waals surface area contributed by atoms with E-state index in [9.17, 15) is 14.7 Å². The molecule has 2 atom stereocenters. The smallest absolute Gasteiger partial charge is 0.305 e. The summed E-state index contributed by atoms with van der Waals surface area (Å²) in [5.41, 5.74) is 0.810. The van der Waals surface area contributed by atoms with E-state index in [0.29, 0.717) is 6.42 Å². The van der Waals surface area contributed by atoms with Crippen LogP contribution < -0.4 is 0 Å². The van der Waals surface area contributed by atoms with Gasteiger partial charge in [0.25, 0.3) is 0 Å². The van der Waals surface area contributed by atoms with Crippen molar-refractivity contribution < 1.29 is 19.4 Å². The van der Waals surface area contributed by atoms with E-state index >= 15 is 0 Å². The Morgan fingerprint density at radius 1 is 1.30 bits per heavy atom. The topological polar surface area (TPSA) is 63.6 Å². The number of esters is 1. The lowest BCUT2D eigenvalue weighted by Gasteiger charge is -2.08. The zero-order chi connectivity index (χ0) is 20.1. The molecule has 0 saturated heterocycles. The van der Waals surface area contributed by atoms with Gasteiger partial charge in [-0.05, 0) is 31.9 Å². The SMILES string of the molecule is CCCCCC(O)C=CC1C=C(SC)C(=O)C1=CCCCCCC(=O)OC. The van der Waals surface area contributed by atoms with E-state index in [1.165, 1.54) is 18.9 Å². The first kappa shape index (κ1) is 23.7. The molecule has 1 rings (SSSR count). The summed E-state index contributed by atoms with van der Waals surface area (Å²) in [6, 6.07) is 0. The number of carbonyl (C=O) groups is 2. The fraction of sp³-hybridized carbons (Fsp3) is 0.636. The van der Waals surface area contributed by atoms with Crippen LogP contribution in [0, 0.1) is 5.92 Å². The molecule has 1 N–H and O–H groups in total. The van der Waals surface area contributed by atoms with Crippen LogP contribution in [-0.2, 0) is 14.3 Å². The van der Waals surface area contributed by atoms with E-state index in [2.05, 4.69) is 11.7 Å². The van der Waals surface area contributed by atoms with Crippen LogP contribution in [-0.4, -0.2) is 36.3 Å². The Balaban J connectivity index is 2.56. The van der Waals surface area contributed by atoms with Crippen LogP contribution in [0.1, 0.15) is 64.7 Å². The molecule has 0 heterocycles. The van der Waals surface area contributed by atoms with Gasteiger partial charge in [0.05, 0.1) is 18.1 Å². The van der Waals surface area contributed by atoms with Gasteiger partial charge in [0, 0.05) is 17.9 Å². The molecule has 5 heteroatoms. The summed E-state index contributed by atoms with van der Waals surface area (Å²) >= 11 is 1.48. The van der Waals surface area contributed by atoms with Gasteiger partial charge in [-0.3, -0.25) is 9.59 Å². The highest BCUT2D eigenvalue weighted by atomic mass is 32.2. The second kappa shape index (κ2) is 13.8. The van der Waals surface area contributed by atoms with E-state index in [0.717, 1.165) is 61.8 Å². The molecule has 0 aromatic rings. The van der Waals surface area contributed by atoms with Crippen LogP contribution in [0.5, 0.6) is 0 Å². The maximum atomic E-state index is 12.5. The van der Waals surface area contributed by atoms with Gasteiger partial charge in [-0.25, -0.2) is 0 Å². The Bertz CT molecular complexity index is 563. The number of allylic oxidation sites excluding steroid dienone is 5. The van der Waals surface area contributed by atoms with Crippen LogP contribution in [0.25, 0.3) is 0 Å². The van der Waals surface area contributed by atoms with E-state index < -0.39 is 6.10 Å². The third-order valence-corrected chi connectivity index (χ3v) is 5.48. The molecule has 152 valence electrons. The first-order valence-electron chi connectivity index (χ1n) is 9.97. The molecule has 0 aliphatic heterocycles. The van der Waals surface area contributed by atoms with Gasteiger partial charge in [-0.15, -0.1) is 11.8 Å². The summed E-state index contributed by atoms with van der Waals surface area (Å²) in [7, 11) is 1.41. The molecule has 0 bridgehead atoms. The van der Waals surface area contributed by atoms with Gasteiger partial charge in [-0.1, -0.05) is 56.9 Å². The number of aliphatic hydroxyl groups is 1. The van der Waals surface area contributed by atoms with E-state index in [1.54, 1.807) is 0 Å². The molecule has 0 aromatic heterocycles. The maximum absolute atomic E-state index is 12.5. The van der Waals surface area contributed by atoms with E-state index in [-0.39, 0.29) is 17.7 Å². The van der Waals surface area contributed by atoms with Crippen LogP contribution in [0.3, 0.4) is 0 Å². The van der Waals surface area contributed by atoms with Crippen molar-refractivity contribution >= 4 is 23.5 Å². The Morgan fingerprint density at radius 2 is 2.07 bits per heavy atom. The third-order valence-electron chi connectivity index (χ3n) is 4.72. The second-order valence-electron chi connectivity index (χ2n) is 6.87. The van der Waals surface area contributed by atoms with Crippen molar-refractivity contribution in [3.8, 4) is 0 Å². The lowest BCUT2D eigenvalue weighted by Crippen LogP contribution is -2.05. The number of hydrogen-bond acceptors (Lipinski definition) is 5. The van der Waals surface area contributed by atoms with Crippen LogP contribution >= 0.6 is 11.8 Å². The number of ether oxygens (including phenoxy) is 1. The molecule has 1 aliphatic carbocycles. The molecule has 1 aliphatic rings. The number of methoxy groups -OCH3 is 1. The van der Waals surface area contributed by atoms with Crippen molar-refractivity contribution in [2.24, 2.45) is 5.92 Å². The molecular weight excluding hydrogens is 360 g/mol. The lowest BCUT2D eigenvalue weighted by molar-refractivity contribution is -0.140. The van der Waals surface area contributed by atoms with Crippen molar-refractivity contribution in [3.05, 3.63) is 34.8 Å². The predicted molar refractivity (Wildman–Crippen MR) is 113 cm³/mol. The van der Waals surface area contributed by atoms with Crippen LogP contribution in [0.15, 0.2) is 34.8 Å². The predicted octanol–water partition coefficient (Wildman–Crippen LogP) is 4.98. The average Bonchev–Trinajstić information content (AvgIpc) is 2.97. The van der Waals surface area contributed by atoms with Gasteiger partial charge in [0.15, 0.2) is 5.78 Å². The largest absolute Gasteiger partial charge is 0.469 e. The highest BCUT2D eigenvalue weighted by Gasteiger charge is 2.27. The molecule has 4 nitrogen and oxygen atoms in total. The monoisotopic (exact) mass is 394 g/mol. The van der Waals surface area contributed by atoms with Gasteiger partial charge >= 0.3 is 5.97 Å². The summed E-state index contributed by atoms with van der Waals surface area (Å²) < 4.78 is 4.63. The molecule has 0 radical (unpaired) electrons. The summed E-state index contributed by atoms with van der Waals surface area (Å²) in [6.45, 7) is 2.15. The quantitative estimate of drug-likeness (QED) is 0.207. The Labute approximate surface area is 168 Å². The number of hydrogen-bond donors (Lipinski definition) is 1. The second-order valence-corrected chi connectivity index (χ2v) is 7.72. The number of rotatable bonds is 13. The molecular formula is C22H34O4S. The number of carbonyl (C=O) groups excluding carboxylic acids is 2. The zero-order valence-electron chi connectivity index (χ0n) is 16.9. The first-order valence-corrected chi connectivity index (χ1v) is 11.2. The number of thioether (sulfide) groups is 1. The highest BCUT2D eigenvalue weighted by Crippen LogP contribution is 2.33. The Kier molecular flexibility index (Phi) is 12.1. The molecule has 0 amide bonds. The molecule has 2 unspecified atom stereocenters. The first-order chi connectivity index (χ1) is 13.0. The minimum atomic E-state index is -0.446. The number of ketones is 1. The van der Waals surface area contributed by atoms with Crippen molar-refractivity contribution in [2.45, 2.75) is 70.8 Å². The minimum Gasteiger partial charge on any atom is -0.469 e. The van der Waals surface area contributed by atoms with Crippen LogP contribution in [0.4, 0.5) is 0 Å². The van der Waals surface area contributed by atoms with Gasteiger partial charge in [0.1, 0.15) is 0 Å². The number of aliphatic hydroxyl groups excluding tert-OH is 1. The van der Waals surface area contributed by atoms with Crippen molar-refractivity contribution in [2.75, 3.05) is 13.4 Å². The van der Waals surface area contributed by atoms with Gasteiger partial charge in [0.2, 0.25) is 0 Å². The van der Waals surface area contributed by atoms with E-state index in [4.69, 9.17) is 0 Å². The third kappa shape index (κ3) is 8.93. The summed E-state index contributed by atoms with van der Waals surface area (Å²) in [4.78, 5) is 24.4. The zero-order valence-corrected chi connectivity index (χ0v) is 17.7. The van der Waals surface area contributed by atoms with Crippen molar-refractivity contribution in [1.82, 2.24) is 0 Å². The average molecular weight is 395 g/mol. The van der Waals surface area contributed by atoms with Crippen molar-refractivity contribution in [3.63, 3.8) is 0 Å². The van der Waals surface area contributed by atoms with Crippen molar-refractivity contribution in [1.29, 1.82) is 0 Å². The number of Topliss-reactive ketones (excluding diaryl/α,β-unsaturated/α-hetero) is 1. The van der Waals surface area contributed by atoms with E-state index in [1.807, 2.05) is 30.6 Å². The number of unbranched alkanes of at least 4 members (excludes halogenated alkanes) is 5. The molecule has 0 saturated carbocycles. The lowest BCUT2D eigenvalue weighted by atomic mass is 9.98. The normalized spacial score (nSPS) is 19.7.